The van der Waals surface area contributed by atoms with Crippen molar-refractivity contribution < 1.29 is 4.79 Å². The molecule has 0 saturated carbocycles. The standard InChI is InChI=1S/C12H20N4OS.ClH/c1-12(2,3)9-7-18-11(15-9)16-10(17)14-8-4-5-13-6-8;/h7-8,13H,4-6H2,1-3H3,(H2,14,15,16,17);1H. The zero-order valence-corrected chi connectivity index (χ0v) is 13.1. The molecule has 0 spiro atoms. The maximum atomic E-state index is 11.7. The Hall–Kier alpha value is -0.850. The number of urea groups is 1. The lowest BCUT2D eigenvalue weighted by Gasteiger charge is -2.14. The van der Waals surface area contributed by atoms with Gasteiger partial charge in [0.25, 0.3) is 0 Å². The second-order valence-electron chi connectivity index (χ2n) is 5.58. The largest absolute Gasteiger partial charge is 0.334 e. The molecule has 1 unspecified atom stereocenters. The van der Waals surface area contributed by atoms with Gasteiger partial charge in [0.05, 0.1) is 5.69 Å². The summed E-state index contributed by atoms with van der Waals surface area (Å²) in [5.74, 6) is 0. The summed E-state index contributed by atoms with van der Waals surface area (Å²) in [5.41, 5.74) is 1.02. The summed E-state index contributed by atoms with van der Waals surface area (Å²) in [6, 6.07) is 0.0607. The summed E-state index contributed by atoms with van der Waals surface area (Å²) in [6.45, 7) is 8.14. The molecular weight excluding hydrogens is 284 g/mol. The van der Waals surface area contributed by atoms with Crippen LogP contribution in [0.1, 0.15) is 32.9 Å². The Kier molecular flexibility index (Phi) is 5.58. The van der Waals surface area contributed by atoms with Gasteiger partial charge < -0.3 is 10.6 Å². The highest BCUT2D eigenvalue weighted by atomic mass is 35.5. The van der Waals surface area contributed by atoms with Crippen LogP contribution in [0.3, 0.4) is 0 Å². The van der Waals surface area contributed by atoms with Crippen molar-refractivity contribution in [2.24, 2.45) is 0 Å². The van der Waals surface area contributed by atoms with E-state index in [2.05, 4.69) is 41.7 Å². The van der Waals surface area contributed by atoms with E-state index in [-0.39, 0.29) is 29.9 Å². The Morgan fingerprint density at radius 2 is 2.26 bits per heavy atom. The molecule has 0 aliphatic carbocycles. The number of carbonyl (C=O) groups is 1. The maximum Gasteiger partial charge on any atom is 0.321 e. The number of nitrogens with one attached hydrogen (secondary N) is 3. The predicted octanol–water partition coefficient (Wildman–Crippen LogP) is 2.35. The summed E-state index contributed by atoms with van der Waals surface area (Å²) in [7, 11) is 0. The number of aromatic nitrogens is 1. The van der Waals surface area contributed by atoms with Gasteiger partial charge in [-0.05, 0) is 13.0 Å². The molecule has 0 bridgehead atoms. The van der Waals surface area contributed by atoms with Gasteiger partial charge in [0.1, 0.15) is 0 Å². The van der Waals surface area contributed by atoms with Crippen molar-refractivity contribution in [3.63, 3.8) is 0 Å². The average Bonchev–Trinajstić information content (AvgIpc) is 2.87. The van der Waals surface area contributed by atoms with E-state index < -0.39 is 0 Å². The van der Waals surface area contributed by atoms with Crippen LogP contribution in [-0.2, 0) is 5.41 Å². The van der Waals surface area contributed by atoms with Gasteiger partial charge in [-0.3, -0.25) is 5.32 Å². The molecule has 1 aromatic rings. The first-order chi connectivity index (χ1) is 8.45. The summed E-state index contributed by atoms with van der Waals surface area (Å²) >= 11 is 1.46. The third-order valence-electron chi connectivity index (χ3n) is 2.89. The minimum atomic E-state index is -0.168. The lowest BCUT2D eigenvalue weighted by molar-refractivity contribution is 0.249. The molecule has 1 aromatic heterocycles. The molecule has 3 N–H and O–H groups in total. The van der Waals surface area contributed by atoms with Crippen LogP contribution in [0.15, 0.2) is 5.38 Å². The fraction of sp³-hybridized carbons (Fsp3) is 0.667. The normalized spacial score (nSPS) is 18.8. The lowest BCUT2D eigenvalue weighted by Crippen LogP contribution is -2.39. The molecule has 1 aliphatic heterocycles. The third kappa shape index (κ3) is 4.63. The van der Waals surface area contributed by atoms with Crippen molar-refractivity contribution in [3.05, 3.63) is 11.1 Å². The molecule has 2 heterocycles. The molecule has 19 heavy (non-hydrogen) atoms. The van der Waals surface area contributed by atoms with Crippen molar-refractivity contribution in [1.82, 2.24) is 15.6 Å². The Balaban J connectivity index is 0.00000180. The molecule has 2 rings (SSSR count). The van der Waals surface area contributed by atoms with Crippen molar-refractivity contribution in [2.45, 2.75) is 38.6 Å². The van der Waals surface area contributed by atoms with Crippen LogP contribution in [-0.4, -0.2) is 30.1 Å². The van der Waals surface area contributed by atoms with E-state index in [1.807, 2.05) is 5.38 Å². The summed E-state index contributed by atoms with van der Waals surface area (Å²) in [4.78, 5) is 16.2. The first-order valence-electron chi connectivity index (χ1n) is 6.19. The zero-order valence-electron chi connectivity index (χ0n) is 11.4. The predicted molar refractivity (Wildman–Crippen MR) is 81.5 cm³/mol. The van der Waals surface area contributed by atoms with Crippen molar-refractivity contribution in [2.75, 3.05) is 18.4 Å². The number of nitrogens with zero attached hydrogens (tertiary/aromatic N) is 1. The van der Waals surface area contributed by atoms with E-state index >= 15 is 0 Å². The lowest BCUT2D eigenvalue weighted by atomic mass is 9.93. The Morgan fingerprint density at radius 3 is 2.79 bits per heavy atom. The van der Waals surface area contributed by atoms with Crippen LogP contribution in [0.4, 0.5) is 9.93 Å². The Bertz CT molecular complexity index is 424. The molecule has 1 atom stereocenters. The van der Waals surface area contributed by atoms with Crippen LogP contribution < -0.4 is 16.0 Å². The second kappa shape index (κ2) is 6.54. The van der Waals surface area contributed by atoms with E-state index in [0.717, 1.165) is 25.2 Å². The fourth-order valence-electron chi connectivity index (χ4n) is 1.77. The van der Waals surface area contributed by atoms with Gasteiger partial charge in [0.15, 0.2) is 5.13 Å². The quantitative estimate of drug-likeness (QED) is 0.786. The van der Waals surface area contributed by atoms with Crippen molar-refractivity contribution in [1.29, 1.82) is 0 Å². The monoisotopic (exact) mass is 304 g/mol. The number of anilines is 1. The zero-order chi connectivity index (χ0) is 13.2. The molecule has 5 nitrogen and oxygen atoms in total. The molecule has 1 aliphatic rings. The molecule has 0 radical (unpaired) electrons. The maximum absolute atomic E-state index is 11.7. The topological polar surface area (TPSA) is 66.1 Å². The number of carbonyl (C=O) groups excluding carboxylic acids is 1. The Morgan fingerprint density at radius 1 is 1.53 bits per heavy atom. The number of amides is 2. The minimum absolute atomic E-state index is 0. The highest BCUT2D eigenvalue weighted by Gasteiger charge is 2.19. The summed E-state index contributed by atoms with van der Waals surface area (Å²) in [6.07, 6.45) is 0.985. The highest BCUT2D eigenvalue weighted by molar-refractivity contribution is 7.13. The van der Waals surface area contributed by atoms with Crippen LogP contribution in [0, 0.1) is 0 Å². The van der Waals surface area contributed by atoms with Gasteiger partial charge in [-0.1, -0.05) is 20.8 Å². The molecule has 2 amide bonds. The Labute approximate surface area is 124 Å². The molecule has 1 fully saturated rings. The van der Waals surface area contributed by atoms with Gasteiger partial charge >= 0.3 is 6.03 Å². The first kappa shape index (κ1) is 16.2. The molecule has 0 aromatic carbocycles. The number of halogens is 1. The van der Waals surface area contributed by atoms with Crippen LogP contribution in [0.5, 0.6) is 0 Å². The van der Waals surface area contributed by atoms with E-state index in [1.165, 1.54) is 11.3 Å². The molecule has 108 valence electrons. The average molecular weight is 305 g/mol. The van der Waals surface area contributed by atoms with Crippen LogP contribution in [0.25, 0.3) is 0 Å². The summed E-state index contributed by atoms with van der Waals surface area (Å²) in [5, 5.41) is 11.6. The van der Waals surface area contributed by atoms with Crippen LogP contribution in [0.2, 0.25) is 0 Å². The van der Waals surface area contributed by atoms with Gasteiger partial charge in [-0.2, -0.15) is 0 Å². The van der Waals surface area contributed by atoms with E-state index in [9.17, 15) is 4.79 Å². The number of rotatable bonds is 2. The number of thiazole rings is 1. The number of hydrogen-bond acceptors (Lipinski definition) is 4. The van der Waals surface area contributed by atoms with Crippen molar-refractivity contribution >= 4 is 34.9 Å². The molecular formula is C12H21ClN4OS. The third-order valence-corrected chi connectivity index (χ3v) is 3.65. The number of hydrogen-bond donors (Lipinski definition) is 3. The molecule has 1 saturated heterocycles. The highest BCUT2D eigenvalue weighted by Crippen LogP contribution is 2.26. The SMILES string of the molecule is CC(C)(C)c1csc(NC(=O)NC2CCNC2)n1.Cl. The fourth-order valence-corrected chi connectivity index (χ4v) is 2.70. The van der Waals surface area contributed by atoms with Gasteiger partial charge in [-0.15, -0.1) is 23.7 Å². The summed E-state index contributed by atoms with van der Waals surface area (Å²) < 4.78 is 0. The van der Waals surface area contributed by atoms with Crippen LogP contribution >= 0.6 is 23.7 Å². The minimum Gasteiger partial charge on any atom is -0.334 e. The van der Waals surface area contributed by atoms with E-state index in [0.29, 0.717) is 5.13 Å². The molecule has 7 heteroatoms. The van der Waals surface area contributed by atoms with E-state index in [1.54, 1.807) is 0 Å². The van der Waals surface area contributed by atoms with Gasteiger partial charge in [0.2, 0.25) is 0 Å². The van der Waals surface area contributed by atoms with Gasteiger partial charge in [-0.25, -0.2) is 9.78 Å². The van der Waals surface area contributed by atoms with Gasteiger partial charge in [0, 0.05) is 23.4 Å². The smallest absolute Gasteiger partial charge is 0.321 e. The van der Waals surface area contributed by atoms with Crippen molar-refractivity contribution in [3.8, 4) is 0 Å². The second-order valence-corrected chi connectivity index (χ2v) is 6.43. The first-order valence-corrected chi connectivity index (χ1v) is 7.07. The van der Waals surface area contributed by atoms with E-state index in [4.69, 9.17) is 0 Å².